The molecule has 3 aromatic rings. The minimum Gasteiger partial charge on any atom is -0.487 e. The highest BCUT2D eigenvalue weighted by molar-refractivity contribution is 7.89. The Hall–Kier alpha value is -3.38. The van der Waals surface area contributed by atoms with Gasteiger partial charge in [0.2, 0.25) is 15.9 Å². The molecule has 186 valence electrons. The molecular weight excluding hydrogens is 489 g/mol. The number of benzene rings is 2. The van der Waals surface area contributed by atoms with Gasteiger partial charge in [0, 0.05) is 12.1 Å². The molecule has 1 aliphatic rings. The van der Waals surface area contributed by atoms with Crippen LogP contribution in [0.2, 0.25) is 0 Å². The van der Waals surface area contributed by atoms with Crippen LogP contribution >= 0.6 is 0 Å². The van der Waals surface area contributed by atoms with E-state index in [-0.39, 0.29) is 30.4 Å². The molecule has 1 N–H and O–H groups in total. The van der Waals surface area contributed by atoms with Crippen LogP contribution in [-0.2, 0) is 27.6 Å². The number of alkyl halides is 3. The SMILES string of the molecule is Cc1oc(-c2ccc(C(F)(F)F)cc2)nc1COc1ccc(S(=O)(=O)N2CCCC2C(=O)O)cc1. The molecule has 1 atom stereocenters. The Balaban J connectivity index is 1.43. The molecule has 0 bridgehead atoms. The number of ether oxygens (including phenoxy) is 1. The molecule has 12 heteroatoms. The number of sulfonamides is 1. The molecule has 0 saturated carbocycles. The van der Waals surface area contributed by atoms with Gasteiger partial charge in [0.25, 0.3) is 0 Å². The lowest BCUT2D eigenvalue weighted by Crippen LogP contribution is -2.40. The molecule has 1 aromatic heterocycles. The van der Waals surface area contributed by atoms with Crippen LogP contribution in [-0.4, -0.2) is 41.4 Å². The zero-order valence-corrected chi connectivity index (χ0v) is 19.3. The van der Waals surface area contributed by atoms with E-state index < -0.39 is 33.8 Å². The topological polar surface area (TPSA) is 110 Å². The quantitative estimate of drug-likeness (QED) is 0.499. The van der Waals surface area contributed by atoms with Gasteiger partial charge in [-0.05, 0) is 68.3 Å². The average Bonchev–Trinajstić information content (AvgIpc) is 3.45. The van der Waals surface area contributed by atoms with Crippen molar-refractivity contribution in [2.45, 2.75) is 43.5 Å². The normalized spacial score (nSPS) is 17.0. The van der Waals surface area contributed by atoms with Crippen molar-refractivity contribution in [3.05, 3.63) is 65.5 Å². The predicted molar refractivity (Wildman–Crippen MR) is 117 cm³/mol. The zero-order valence-electron chi connectivity index (χ0n) is 18.4. The molecule has 2 heterocycles. The van der Waals surface area contributed by atoms with E-state index in [9.17, 15) is 31.5 Å². The largest absolute Gasteiger partial charge is 0.487 e. The summed E-state index contributed by atoms with van der Waals surface area (Å²) < 4.78 is 76.2. The minimum atomic E-state index is -4.44. The van der Waals surface area contributed by atoms with Gasteiger partial charge in [-0.15, -0.1) is 0 Å². The fraction of sp³-hybridized carbons (Fsp3) is 0.304. The smallest absolute Gasteiger partial charge is 0.416 e. The van der Waals surface area contributed by atoms with Gasteiger partial charge in [0.1, 0.15) is 29.9 Å². The van der Waals surface area contributed by atoms with Crippen LogP contribution in [0.15, 0.2) is 57.8 Å². The van der Waals surface area contributed by atoms with Gasteiger partial charge >= 0.3 is 12.1 Å². The van der Waals surface area contributed by atoms with E-state index in [1.807, 2.05) is 0 Å². The second-order valence-electron chi connectivity index (χ2n) is 7.97. The minimum absolute atomic E-state index is 0.0186. The summed E-state index contributed by atoms with van der Waals surface area (Å²) in [7, 11) is -3.96. The standard InChI is InChI=1S/C23H21F3N2O6S/c1-14-19(27-21(34-14)15-4-6-16(7-5-15)23(24,25)26)13-33-17-8-10-18(11-9-17)35(31,32)28-12-2-3-20(28)22(29)30/h4-11,20H,2-3,12-13H2,1H3,(H,29,30). The molecule has 1 unspecified atom stereocenters. The number of rotatable bonds is 7. The maximum absolute atomic E-state index is 12.8. The van der Waals surface area contributed by atoms with Crippen LogP contribution < -0.4 is 4.74 Å². The fourth-order valence-electron chi connectivity index (χ4n) is 3.76. The lowest BCUT2D eigenvalue weighted by atomic mass is 10.1. The second kappa shape index (κ2) is 9.34. The molecule has 0 radical (unpaired) electrons. The van der Waals surface area contributed by atoms with Crippen molar-refractivity contribution in [1.29, 1.82) is 0 Å². The summed E-state index contributed by atoms with van der Waals surface area (Å²) in [4.78, 5) is 15.6. The van der Waals surface area contributed by atoms with Gasteiger partial charge in [0.05, 0.1) is 10.5 Å². The van der Waals surface area contributed by atoms with Gasteiger partial charge in [0.15, 0.2) is 0 Å². The van der Waals surface area contributed by atoms with Gasteiger partial charge in [-0.1, -0.05) is 0 Å². The summed E-state index contributed by atoms with van der Waals surface area (Å²) in [5.41, 5.74) is 0.0307. The Morgan fingerprint density at radius 3 is 2.43 bits per heavy atom. The van der Waals surface area contributed by atoms with Gasteiger partial charge in [-0.25, -0.2) is 13.4 Å². The summed E-state index contributed by atoms with van der Waals surface area (Å²) in [5.74, 6) is -0.258. The highest BCUT2D eigenvalue weighted by Gasteiger charge is 2.39. The number of aliphatic carboxylic acids is 1. The zero-order chi connectivity index (χ0) is 25.4. The molecule has 0 aliphatic carbocycles. The van der Waals surface area contributed by atoms with E-state index >= 15 is 0 Å². The molecular formula is C23H21F3N2O6S. The van der Waals surface area contributed by atoms with E-state index in [1.54, 1.807) is 6.92 Å². The maximum atomic E-state index is 12.8. The molecule has 2 aromatic carbocycles. The highest BCUT2D eigenvalue weighted by Crippen LogP contribution is 2.32. The number of nitrogens with zero attached hydrogens (tertiary/aromatic N) is 2. The monoisotopic (exact) mass is 510 g/mol. The maximum Gasteiger partial charge on any atom is 0.416 e. The fourth-order valence-corrected chi connectivity index (χ4v) is 5.41. The first-order chi connectivity index (χ1) is 16.5. The number of halogens is 3. The third-order valence-corrected chi connectivity index (χ3v) is 7.57. The summed E-state index contributed by atoms with van der Waals surface area (Å²) in [5, 5.41) is 9.27. The summed E-state index contributed by atoms with van der Waals surface area (Å²) in [6, 6.07) is 8.93. The van der Waals surface area contributed by atoms with Gasteiger partial charge in [-0.3, -0.25) is 4.79 Å². The molecule has 1 saturated heterocycles. The van der Waals surface area contributed by atoms with Gasteiger partial charge < -0.3 is 14.3 Å². The highest BCUT2D eigenvalue weighted by atomic mass is 32.2. The first-order valence-corrected chi connectivity index (χ1v) is 12.0. The first-order valence-electron chi connectivity index (χ1n) is 10.6. The Morgan fingerprint density at radius 1 is 1.17 bits per heavy atom. The summed E-state index contributed by atoms with van der Waals surface area (Å²) in [6.07, 6.45) is -3.70. The number of carboxylic acid groups (broad SMARTS) is 1. The van der Waals surface area contributed by atoms with Crippen LogP contribution in [0.1, 0.15) is 29.9 Å². The first kappa shape index (κ1) is 24.7. The molecule has 35 heavy (non-hydrogen) atoms. The number of carbonyl (C=O) groups is 1. The van der Waals surface area contributed by atoms with E-state index in [4.69, 9.17) is 9.15 Å². The van der Waals surface area contributed by atoms with Gasteiger partial charge in [-0.2, -0.15) is 17.5 Å². The van der Waals surface area contributed by atoms with Crippen molar-refractivity contribution in [3.63, 3.8) is 0 Å². The number of aromatic nitrogens is 1. The molecule has 0 spiro atoms. The van der Waals surface area contributed by atoms with Crippen molar-refractivity contribution in [3.8, 4) is 17.2 Å². The second-order valence-corrected chi connectivity index (χ2v) is 9.86. The van der Waals surface area contributed by atoms with Crippen molar-refractivity contribution in [2.24, 2.45) is 0 Å². The number of oxazole rings is 1. The van der Waals surface area contributed by atoms with Crippen LogP contribution in [0.3, 0.4) is 0 Å². The Bertz CT molecular complexity index is 1320. The molecule has 1 aliphatic heterocycles. The molecule has 8 nitrogen and oxygen atoms in total. The van der Waals surface area contributed by atoms with Crippen LogP contribution in [0.25, 0.3) is 11.5 Å². The van der Waals surface area contributed by atoms with Crippen LogP contribution in [0.4, 0.5) is 13.2 Å². The molecule has 0 amide bonds. The Kier molecular flexibility index (Phi) is 6.60. The van der Waals surface area contributed by atoms with Crippen molar-refractivity contribution in [1.82, 2.24) is 9.29 Å². The third kappa shape index (κ3) is 5.17. The summed E-state index contributed by atoms with van der Waals surface area (Å²) >= 11 is 0. The number of aryl methyl sites for hydroxylation is 1. The van der Waals surface area contributed by atoms with Crippen LogP contribution in [0.5, 0.6) is 5.75 Å². The lowest BCUT2D eigenvalue weighted by molar-refractivity contribution is -0.140. The van der Waals surface area contributed by atoms with Crippen molar-refractivity contribution >= 4 is 16.0 Å². The molecule has 1 fully saturated rings. The van der Waals surface area contributed by atoms with E-state index in [1.165, 1.54) is 36.4 Å². The van der Waals surface area contributed by atoms with E-state index in [2.05, 4.69) is 4.98 Å². The Labute approximate surface area is 199 Å². The van der Waals surface area contributed by atoms with Crippen molar-refractivity contribution < 1.29 is 40.6 Å². The van der Waals surface area contributed by atoms with E-state index in [0.717, 1.165) is 16.4 Å². The Morgan fingerprint density at radius 2 is 1.83 bits per heavy atom. The number of hydrogen-bond donors (Lipinski definition) is 1. The number of carboxylic acids is 1. The third-order valence-electron chi connectivity index (χ3n) is 5.65. The predicted octanol–water partition coefficient (Wildman–Crippen LogP) is 4.49. The van der Waals surface area contributed by atoms with E-state index in [0.29, 0.717) is 29.2 Å². The molecule has 4 rings (SSSR count). The summed E-state index contributed by atoms with van der Waals surface area (Å²) in [6.45, 7) is 1.77. The number of hydrogen-bond acceptors (Lipinski definition) is 6. The van der Waals surface area contributed by atoms with Crippen LogP contribution in [0, 0.1) is 6.92 Å². The average molecular weight is 510 g/mol. The lowest BCUT2D eigenvalue weighted by Gasteiger charge is -2.21. The van der Waals surface area contributed by atoms with Crippen molar-refractivity contribution in [2.75, 3.05) is 6.54 Å².